The molecular weight excluding hydrogens is 356 g/mol. The van der Waals surface area contributed by atoms with Gasteiger partial charge in [0, 0.05) is 24.6 Å². The van der Waals surface area contributed by atoms with Gasteiger partial charge < -0.3 is 16.2 Å². The highest BCUT2D eigenvalue weighted by molar-refractivity contribution is 6.33. The molecule has 148 valence electrons. The number of aryl methyl sites for hydroxylation is 1. The van der Waals surface area contributed by atoms with Crippen LogP contribution in [0.25, 0.3) is 0 Å². The Labute approximate surface area is 164 Å². The number of anilines is 1. The molecule has 2 aromatic rings. The van der Waals surface area contributed by atoms with Crippen LogP contribution in [0.3, 0.4) is 0 Å². The zero-order valence-corrected chi connectivity index (χ0v) is 16.1. The second kappa shape index (κ2) is 9.80. The Hall–Kier alpha value is -2.99. The number of Topliss-reactive ketones (excluding diaryl/α,β-unsaturated/α-hetero) is 1. The SMILES string of the molecule is CC(=O)Nc1ccc2c(c1)CC[C@@H](C(=O)C(=O)O)C2.CC(N)c1ccccc1. The van der Waals surface area contributed by atoms with Gasteiger partial charge >= 0.3 is 5.97 Å². The number of hydrogen-bond acceptors (Lipinski definition) is 4. The standard InChI is InChI=1S/C14H15NO4.C8H11N/c1-8(16)15-12-5-4-9-6-11(13(17)14(18)19)3-2-10(9)7-12;1-7(9)8-5-3-2-4-6-8/h4-5,7,11H,2-3,6H2,1H3,(H,15,16)(H,18,19);2-7H,9H2,1H3/t11-;/m1./s1. The van der Waals surface area contributed by atoms with Gasteiger partial charge in [-0.1, -0.05) is 36.4 Å². The third-order valence-electron chi connectivity index (χ3n) is 4.66. The number of rotatable bonds is 4. The van der Waals surface area contributed by atoms with E-state index in [1.807, 2.05) is 49.4 Å². The number of nitrogens with one attached hydrogen (secondary N) is 1. The maximum Gasteiger partial charge on any atom is 0.372 e. The van der Waals surface area contributed by atoms with Gasteiger partial charge in [0.05, 0.1) is 0 Å². The van der Waals surface area contributed by atoms with Gasteiger partial charge in [0.15, 0.2) is 0 Å². The van der Waals surface area contributed by atoms with Gasteiger partial charge in [-0.3, -0.25) is 9.59 Å². The van der Waals surface area contributed by atoms with Crippen molar-refractivity contribution in [2.75, 3.05) is 5.32 Å². The van der Waals surface area contributed by atoms with Crippen LogP contribution in [0, 0.1) is 5.92 Å². The highest BCUT2D eigenvalue weighted by Gasteiger charge is 2.28. The molecule has 0 saturated heterocycles. The summed E-state index contributed by atoms with van der Waals surface area (Å²) in [5.74, 6) is -2.63. The zero-order valence-electron chi connectivity index (χ0n) is 16.1. The number of carboxylic acids is 1. The van der Waals surface area contributed by atoms with Crippen LogP contribution in [0.15, 0.2) is 48.5 Å². The third kappa shape index (κ3) is 6.03. The monoisotopic (exact) mass is 382 g/mol. The smallest absolute Gasteiger partial charge is 0.372 e. The van der Waals surface area contributed by atoms with Gasteiger partial charge in [0.2, 0.25) is 11.7 Å². The number of fused-ring (bicyclic) bond motifs is 1. The summed E-state index contributed by atoms with van der Waals surface area (Å²) in [5, 5.41) is 11.4. The average Bonchev–Trinajstić information content (AvgIpc) is 2.67. The Morgan fingerprint density at radius 1 is 1.11 bits per heavy atom. The van der Waals surface area contributed by atoms with E-state index >= 15 is 0 Å². The molecule has 28 heavy (non-hydrogen) atoms. The summed E-state index contributed by atoms with van der Waals surface area (Å²) in [6.45, 7) is 3.43. The molecule has 0 saturated carbocycles. The van der Waals surface area contributed by atoms with Gasteiger partial charge in [-0.25, -0.2) is 4.79 Å². The zero-order chi connectivity index (χ0) is 20.7. The maximum absolute atomic E-state index is 11.5. The van der Waals surface area contributed by atoms with E-state index in [4.69, 9.17) is 10.8 Å². The fourth-order valence-corrected chi connectivity index (χ4v) is 3.19. The first-order valence-electron chi connectivity index (χ1n) is 9.25. The number of carbonyl (C=O) groups excluding carboxylic acids is 2. The van der Waals surface area contributed by atoms with E-state index in [1.165, 1.54) is 12.5 Å². The normalized spacial score (nSPS) is 16.0. The van der Waals surface area contributed by atoms with Crippen molar-refractivity contribution in [2.45, 2.75) is 39.2 Å². The number of nitrogens with two attached hydrogens (primary N) is 1. The summed E-state index contributed by atoms with van der Waals surface area (Å²) in [4.78, 5) is 33.1. The Morgan fingerprint density at radius 2 is 1.79 bits per heavy atom. The number of benzene rings is 2. The van der Waals surface area contributed by atoms with E-state index in [2.05, 4.69) is 5.32 Å². The molecule has 2 atom stereocenters. The van der Waals surface area contributed by atoms with Crippen molar-refractivity contribution in [1.29, 1.82) is 0 Å². The second-order valence-electron chi connectivity index (χ2n) is 6.97. The topological polar surface area (TPSA) is 109 Å². The fraction of sp³-hybridized carbons (Fsp3) is 0.318. The molecule has 0 fully saturated rings. The quantitative estimate of drug-likeness (QED) is 0.704. The summed E-state index contributed by atoms with van der Waals surface area (Å²) in [5.41, 5.74) is 9.59. The first kappa shape index (κ1) is 21.3. The number of carbonyl (C=O) groups is 3. The Kier molecular flexibility index (Phi) is 7.46. The molecule has 0 radical (unpaired) electrons. The van der Waals surface area contributed by atoms with Gasteiger partial charge in [0.1, 0.15) is 0 Å². The molecule has 4 N–H and O–H groups in total. The second-order valence-corrected chi connectivity index (χ2v) is 6.97. The van der Waals surface area contributed by atoms with Crippen molar-refractivity contribution in [1.82, 2.24) is 0 Å². The van der Waals surface area contributed by atoms with Crippen LogP contribution in [0.2, 0.25) is 0 Å². The minimum atomic E-state index is -1.36. The van der Waals surface area contributed by atoms with Crippen LogP contribution < -0.4 is 11.1 Å². The molecule has 1 amide bonds. The van der Waals surface area contributed by atoms with Crippen molar-refractivity contribution >= 4 is 23.3 Å². The molecular formula is C22H26N2O4. The maximum atomic E-state index is 11.5. The van der Waals surface area contributed by atoms with E-state index in [0.29, 0.717) is 19.3 Å². The Bertz CT molecular complexity index is 847. The number of amides is 1. The average molecular weight is 382 g/mol. The summed E-state index contributed by atoms with van der Waals surface area (Å²) in [6, 6.07) is 15.7. The molecule has 1 aliphatic carbocycles. The molecule has 0 aromatic heterocycles. The van der Waals surface area contributed by atoms with Crippen LogP contribution in [0.1, 0.15) is 43.0 Å². The third-order valence-corrected chi connectivity index (χ3v) is 4.66. The predicted molar refractivity (Wildman–Crippen MR) is 108 cm³/mol. The molecule has 3 rings (SSSR count). The Morgan fingerprint density at radius 3 is 2.32 bits per heavy atom. The molecule has 0 spiro atoms. The van der Waals surface area contributed by atoms with Crippen molar-refractivity contribution in [3.8, 4) is 0 Å². The van der Waals surface area contributed by atoms with Crippen LogP contribution in [0.4, 0.5) is 5.69 Å². The van der Waals surface area contributed by atoms with Crippen LogP contribution >= 0.6 is 0 Å². The van der Waals surface area contributed by atoms with Gasteiger partial charge in [0.25, 0.3) is 0 Å². The lowest BCUT2D eigenvalue weighted by molar-refractivity contribution is -0.151. The Balaban J connectivity index is 0.000000261. The molecule has 0 heterocycles. The van der Waals surface area contributed by atoms with E-state index in [1.54, 1.807) is 6.07 Å². The van der Waals surface area contributed by atoms with Crippen molar-refractivity contribution in [3.63, 3.8) is 0 Å². The van der Waals surface area contributed by atoms with Crippen molar-refractivity contribution in [3.05, 3.63) is 65.2 Å². The molecule has 0 bridgehead atoms. The number of aliphatic carboxylic acids is 1. The predicted octanol–water partition coefficient (Wildman–Crippen LogP) is 3.11. The van der Waals surface area contributed by atoms with Gasteiger partial charge in [-0.05, 0) is 55.0 Å². The fourth-order valence-electron chi connectivity index (χ4n) is 3.19. The highest BCUT2D eigenvalue weighted by atomic mass is 16.4. The lowest BCUT2D eigenvalue weighted by atomic mass is 9.81. The molecule has 6 heteroatoms. The highest BCUT2D eigenvalue weighted by Crippen LogP contribution is 2.28. The first-order valence-corrected chi connectivity index (χ1v) is 9.25. The van der Waals surface area contributed by atoms with Gasteiger partial charge in [-0.15, -0.1) is 0 Å². The molecule has 0 aliphatic heterocycles. The van der Waals surface area contributed by atoms with Crippen LogP contribution in [-0.4, -0.2) is 22.8 Å². The summed E-state index contributed by atoms with van der Waals surface area (Å²) < 4.78 is 0. The van der Waals surface area contributed by atoms with E-state index in [0.717, 1.165) is 16.8 Å². The van der Waals surface area contributed by atoms with E-state index in [9.17, 15) is 14.4 Å². The van der Waals surface area contributed by atoms with Crippen molar-refractivity contribution < 1.29 is 19.5 Å². The van der Waals surface area contributed by atoms with Crippen LogP contribution in [0.5, 0.6) is 0 Å². The molecule has 6 nitrogen and oxygen atoms in total. The summed E-state index contributed by atoms with van der Waals surface area (Å²) >= 11 is 0. The van der Waals surface area contributed by atoms with Gasteiger partial charge in [-0.2, -0.15) is 0 Å². The summed E-state index contributed by atoms with van der Waals surface area (Å²) in [6.07, 6.45) is 1.66. The minimum Gasteiger partial charge on any atom is -0.475 e. The lowest BCUT2D eigenvalue weighted by Gasteiger charge is -2.22. The van der Waals surface area contributed by atoms with E-state index < -0.39 is 17.7 Å². The van der Waals surface area contributed by atoms with E-state index in [-0.39, 0.29) is 11.9 Å². The largest absolute Gasteiger partial charge is 0.475 e. The molecule has 2 aromatic carbocycles. The first-order chi connectivity index (χ1) is 13.3. The number of ketones is 1. The number of carboxylic acid groups (broad SMARTS) is 1. The lowest BCUT2D eigenvalue weighted by Crippen LogP contribution is -2.28. The minimum absolute atomic E-state index is 0.130. The number of hydrogen-bond donors (Lipinski definition) is 3. The molecule has 1 unspecified atom stereocenters. The van der Waals surface area contributed by atoms with Crippen LogP contribution in [-0.2, 0) is 27.2 Å². The van der Waals surface area contributed by atoms with Crippen molar-refractivity contribution in [2.24, 2.45) is 11.7 Å². The summed E-state index contributed by atoms with van der Waals surface area (Å²) in [7, 11) is 0. The molecule has 1 aliphatic rings.